The van der Waals surface area contributed by atoms with Gasteiger partial charge in [-0.1, -0.05) is 6.07 Å². The number of halogens is 2. The number of ether oxygens (including phenoxy) is 1. The van der Waals surface area contributed by atoms with E-state index in [1.807, 2.05) is 0 Å². The summed E-state index contributed by atoms with van der Waals surface area (Å²) in [6, 6.07) is 6.32. The summed E-state index contributed by atoms with van der Waals surface area (Å²) in [5.74, 6) is 0.862. The van der Waals surface area contributed by atoms with Gasteiger partial charge >= 0.3 is 0 Å². The van der Waals surface area contributed by atoms with Crippen molar-refractivity contribution in [3.8, 4) is 5.75 Å². The number of aromatic nitrogens is 1. The fourth-order valence-electron chi connectivity index (χ4n) is 1.51. The Morgan fingerprint density at radius 1 is 1.35 bits per heavy atom. The predicted octanol–water partition coefficient (Wildman–Crippen LogP) is 3.68. The molecule has 0 radical (unpaired) electrons. The first-order valence-corrected chi connectivity index (χ1v) is 7.03. The van der Waals surface area contributed by atoms with Crippen molar-refractivity contribution in [2.24, 2.45) is 0 Å². The van der Waals surface area contributed by atoms with E-state index in [1.54, 1.807) is 18.3 Å². The van der Waals surface area contributed by atoms with Crippen LogP contribution in [0.2, 0.25) is 0 Å². The monoisotopic (exact) mass is 401 g/mol. The molecule has 1 aromatic carbocycles. The minimum Gasteiger partial charge on any atom is -0.486 e. The molecule has 6 nitrogen and oxygen atoms in total. The average molecular weight is 403 g/mol. The van der Waals surface area contributed by atoms with Crippen LogP contribution in [0.5, 0.6) is 5.75 Å². The third-order valence-corrected chi connectivity index (χ3v) is 3.67. The molecule has 0 unspecified atom stereocenters. The van der Waals surface area contributed by atoms with Crippen LogP contribution in [0.4, 0.5) is 11.5 Å². The zero-order valence-electron chi connectivity index (χ0n) is 10.0. The Morgan fingerprint density at radius 3 is 2.55 bits per heavy atom. The van der Waals surface area contributed by atoms with Gasteiger partial charge < -0.3 is 10.5 Å². The van der Waals surface area contributed by atoms with E-state index in [-0.39, 0.29) is 12.3 Å². The first-order chi connectivity index (χ1) is 9.49. The smallest absolute Gasteiger partial charge is 0.271 e. The number of pyridine rings is 1. The van der Waals surface area contributed by atoms with Crippen molar-refractivity contribution in [2.45, 2.75) is 6.61 Å². The molecule has 0 aliphatic heterocycles. The van der Waals surface area contributed by atoms with Gasteiger partial charge in [-0.15, -0.1) is 0 Å². The highest BCUT2D eigenvalue weighted by molar-refractivity contribution is 9.11. The van der Waals surface area contributed by atoms with E-state index in [0.717, 1.165) is 5.56 Å². The van der Waals surface area contributed by atoms with Crippen LogP contribution in [0.1, 0.15) is 5.56 Å². The summed E-state index contributed by atoms with van der Waals surface area (Å²) in [4.78, 5) is 14.2. The quantitative estimate of drug-likeness (QED) is 0.622. The lowest BCUT2D eigenvalue weighted by Crippen LogP contribution is -2.02. The molecule has 0 fully saturated rings. The van der Waals surface area contributed by atoms with E-state index < -0.39 is 4.92 Å². The summed E-state index contributed by atoms with van der Waals surface area (Å²) in [6.45, 7) is 0.217. The maximum atomic E-state index is 10.7. The average Bonchev–Trinajstić information content (AvgIpc) is 2.39. The van der Waals surface area contributed by atoms with Crippen LogP contribution in [-0.2, 0) is 6.61 Å². The first-order valence-electron chi connectivity index (χ1n) is 5.44. The first kappa shape index (κ1) is 14.7. The van der Waals surface area contributed by atoms with Crippen LogP contribution in [0.15, 0.2) is 39.4 Å². The molecule has 2 N–H and O–H groups in total. The third kappa shape index (κ3) is 3.26. The van der Waals surface area contributed by atoms with Gasteiger partial charge in [-0.25, -0.2) is 4.98 Å². The number of nitrogen functional groups attached to an aromatic ring is 1. The number of non-ortho nitro benzene ring substituents is 1. The summed E-state index contributed by atoms with van der Waals surface area (Å²) in [5.41, 5.74) is 6.43. The van der Waals surface area contributed by atoms with E-state index in [4.69, 9.17) is 10.5 Å². The van der Waals surface area contributed by atoms with Crippen LogP contribution >= 0.6 is 31.9 Å². The normalized spacial score (nSPS) is 10.3. The van der Waals surface area contributed by atoms with Crippen molar-refractivity contribution in [3.63, 3.8) is 0 Å². The summed E-state index contributed by atoms with van der Waals surface area (Å²) < 4.78 is 6.61. The standard InChI is InChI=1S/C12H9Br2N3O3/c13-9-4-8(17(18)19)5-10(14)11(9)20-6-7-2-1-3-16-12(7)15/h1-5H,6H2,(H2,15,16). The Bertz CT molecular complexity index is 641. The lowest BCUT2D eigenvalue weighted by molar-refractivity contribution is -0.385. The Balaban J connectivity index is 2.22. The number of rotatable bonds is 4. The molecule has 8 heteroatoms. The molecule has 0 saturated heterocycles. The summed E-state index contributed by atoms with van der Waals surface area (Å²) in [7, 11) is 0. The third-order valence-electron chi connectivity index (χ3n) is 2.49. The predicted molar refractivity (Wildman–Crippen MR) is 81.5 cm³/mol. The van der Waals surface area contributed by atoms with Crippen molar-refractivity contribution in [1.82, 2.24) is 4.98 Å². The molecule has 0 aliphatic carbocycles. The van der Waals surface area contributed by atoms with Crippen LogP contribution in [0.25, 0.3) is 0 Å². The molecule has 20 heavy (non-hydrogen) atoms. The van der Waals surface area contributed by atoms with Gasteiger partial charge in [0.1, 0.15) is 18.2 Å². The fraction of sp³-hybridized carbons (Fsp3) is 0.0833. The van der Waals surface area contributed by atoms with Gasteiger partial charge in [0, 0.05) is 23.9 Å². The second kappa shape index (κ2) is 6.19. The minimum absolute atomic E-state index is 0.0306. The van der Waals surface area contributed by atoms with Gasteiger partial charge in [0.15, 0.2) is 0 Å². The number of hydrogen-bond acceptors (Lipinski definition) is 5. The van der Waals surface area contributed by atoms with Crippen molar-refractivity contribution in [2.75, 3.05) is 5.73 Å². The summed E-state index contributed by atoms with van der Waals surface area (Å²) in [6.07, 6.45) is 1.59. The van der Waals surface area contributed by atoms with Crippen molar-refractivity contribution in [3.05, 3.63) is 55.1 Å². The van der Waals surface area contributed by atoms with E-state index in [9.17, 15) is 10.1 Å². The molecule has 2 aromatic rings. The van der Waals surface area contributed by atoms with E-state index in [0.29, 0.717) is 20.5 Å². The zero-order valence-corrected chi connectivity index (χ0v) is 13.2. The molecule has 0 amide bonds. The van der Waals surface area contributed by atoms with Gasteiger partial charge in [0.25, 0.3) is 5.69 Å². The molecular formula is C12H9Br2N3O3. The van der Waals surface area contributed by atoms with Crippen molar-refractivity contribution >= 4 is 43.4 Å². The Kier molecular flexibility index (Phi) is 4.56. The number of nitro groups is 1. The number of nitrogens with zero attached hydrogens (tertiary/aromatic N) is 2. The van der Waals surface area contributed by atoms with Crippen LogP contribution < -0.4 is 10.5 Å². The van der Waals surface area contributed by atoms with Gasteiger partial charge in [-0.3, -0.25) is 10.1 Å². The van der Waals surface area contributed by atoms with E-state index >= 15 is 0 Å². The number of benzene rings is 1. The lowest BCUT2D eigenvalue weighted by Gasteiger charge is -2.11. The summed E-state index contributed by atoms with van der Waals surface area (Å²) in [5, 5.41) is 10.7. The van der Waals surface area contributed by atoms with Crippen LogP contribution in [-0.4, -0.2) is 9.91 Å². The number of anilines is 1. The van der Waals surface area contributed by atoms with Gasteiger partial charge in [-0.05, 0) is 37.9 Å². The van der Waals surface area contributed by atoms with Crippen molar-refractivity contribution in [1.29, 1.82) is 0 Å². The highest BCUT2D eigenvalue weighted by atomic mass is 79.9. The Labute approximate surface area is 131 Å². The number of hydrogen-bond donors (Lipinski definition) is 1. The van der Waals surface area contributed by atoms with Gasteiger partial charge in [0.2, 0.25) is 0 Å². The Hall–Kier alpha value is -1.67. The highest BCUT2D eigenvalue weighted by Crippen LogP contribution is 2.37. The lowest BCUT2D eigenvalue weighted by atomic mass is 10.2. The molecule has 0 bridgehead atoms. The maximum Gasteiger partial charge on any atom is 0.271 e. The molecule has 0 aliphatic rings. The molecule has 0 saturated carbocycles. The van der Waals surface area contributed by atoms with Crippen LogP contribution in [0, 0.1) is 10.1 Å². The maximum absolute atomic E-state index is 10.7. The minimum atomic E-state index is -0.474. The molecule has 1 aromatic heterocycles. The molecule has 1 heterocycles. The molecule has 0 spiro atoms. The van der Waals surface area contributed by atoms with Gasteiger partial charge in [0.05, 0.1) is 13.9 Å². The van der Waals surface area contributed by atoms with Crippen LogP contribution in [0.3, 0.4) is 0 Å². The van der Waals surface area contributed by atoms with Gasteiger partial charge in [-0.2, -0.15) is 0 Å². The molecule has 104 valence electrons. The second-order valence-electron chi connectivity index (χ2n) is 3.83. The Morgan fingerprint density at radius 2 is 2.00 bits per heavy atom. The fourth-order valence-corrected chi connectivity index (χ4v) is 2.90. The van der Waals surface area contributed by atoms with Crippen molar-refractivity contribution < 1.29 is 9.66 Å². The van der Waals surface area contributed by atoms with E-state index in [1.165, 1.54) is 12.1 Å². The SMILES string of the molecule is Nc1ncccc1COc1c(Br)cc([N+](=O)[O-])cc1Br. The molecule has 0 atom stereocenters. The van der Waals surface area contributed by atoms with E-state index in [2.05, 4.69) is 36.8 Å². The zero-order chi connectivity index (χ0) is 14.7. The molecular weight excluding hydrogens is 394 g/mol. The second-order valence-corrected chi connectivity index (χ2v) is 5.54. The number of nitrogens with two attached hydrogens (primary N) is 1. The number of nitro benzene ring substituents is 1. The largest absolute Gasteiger partial charge is 0.486 e. The topological polar surface area (TPSA) is 91.3 Å². The molecule has 2 rings (SSSR count). The summed E-state index contributed by atoms with van der Waals surface area (Å²) >= 11 is 6.50. The highest BCUT2D eigenvalue weighted by Gasteiger charge is 2.15.